The third kappa shape index (κ3) is 4.37. The monoisotopic (exact) mass is 301 g/mol. The average Bonchev–Trinajstić information content (AvgIpc) is 2.40. The van der Waals surface area contributed by atoms with Gasteiger partial charge in [-0.2, -0.15) is 0 Å². The fraction of sp³-hybridized carbons (Fsp3) is 0.625. The first-order chi connectivity index (χ1) is 9.82. The van der Waals surface area contributed by atoms with Crippen LogP contribution in [0.2, 0.25) is 0 Å². The van der Waals surface area contributed by atoms with Gasteiger partial charge in [0.15, 0.2) is 0 Å². The molecule has 0 bridgehead atoms. The zero-order valence-electron chi connectivity index (χ0n) is 12.2. The number of alkyl halides is 3. The Morgan fingerprint density at radius 3 is 2.52 bits per heavy atom. The minimum absolute atomic E-state index is 0.194. The lowest BCUT2D eigenvalue weighted by molar-refractivity contribution is -0.274. The van der Waals surface area contributed by atoms with Crippen LogP contribution in [0.4, 0.5) is 13.2 Å². The average molecular weight is 301 g/mol. The predicted molar refractivity (Wildman–Crippen MR) is 75.9 cm³/mol. The molecule has 0 amide bonds. The van der Waals surface area contributed by atoms with Gasteiger partial charge >= 0.3 is 6.36 Å². The highest BCUT2D eigenvalue weighted by Gasteiger charge is 2.35. The first-order valence-corrected chi connectivity index (χ1v) is 7.47. The summed E-state index contributed by atoms with van der Waals surface area (Å²) < 4.78 is 40.9. The van der Waals surface area contributed by atoms with Crippen LogP contribution in [0.25, 0.3) is 0 Å². The summed E-state index contributed by atoms with van der Waals surface area (Å²) in [6.07, 6.45) is 1.40. The minimum atomic E-state index is -4.67. The van der Waals surface area contributed by atoms with Crippen LogP contribution in [0.1, 0.15) is 51.0 Å². The van der Waals surface area contributed by atoms with Gasteiger partial charge in [0.2, 0.25) is 0 Å². The second kappa shape index (κ2) is 6.26. The highest BCUT2D eigenvalue weighted by atomic mass is 19.4. The Kier molecular flexibility index (Phi) is 4.81. The van der Waals surface area contributed by atoms with E-state index in [1.807, 2.05) is 0 Å². The molecule has 1 aromatic carbocycles. The van der Waals surface area contributed by atoms with Gasteiger partial charge in [0.25, 0.3) is 0 Å². The number of ether oxygens (including phenoxy) is 1. The van der Waals surface area contributed by atoms with Crippen molar-refractivity contribution in [2.24, 2.45) is 11.7 Å². The summed E-state index contributed by atoms with van der Waals surface area (Å²) in [5.74, 6) is 0.502. The Hall–Kier alpha value is -1.23. The topological polar surface area (TPSA) is 35.2 Å². The molecule has 0 heterocycles. The summed E-state index contributed by atoms with van der Waals surface area (Å²) in [7, 11) is 0. The molecule has 1 aliphatic rings. The van der Waals surface area contributed by atoms with Gasteiger partial charge in [-0.25, -0.2) is 0 Å². The number of halogens is 3. The predicted octanol–water partition coefficient (Wildman–Crippen LogP) is 4.73. The van der Waals surface area contributed by atoms with Crippen LogP contribution in [0, 0.1) is 5.92 Å². The van der Waals surface area contributed by atoms with Crippen LogP contribution in [0.15, 0.2) is 24.3 Å². The third-order valence-corrected chi connectivity index (χ3v) is 4.34. The van der Waals surface area contributed by atoms with Crippen molar-refractivity contribution in [2.75, 3.05) is 0 Å². The molecule has 0 aromatic heterocycles. The minimum Gasteiger partial charge on any atom is -0.406 e. The van der Waals surface area contributed by atoms with Gasteiger partial charge in [0, 0.05) is 5.54 Å². The van der Waals surface area contributed by atoms with Gasteiger partial charge < -0.3 is 10.5 Å². The van der Waals surface area contributed by atoms with E-state index in [1.165, 1.54) is 18.6 Å². The summed E-state index contributed by atoms with van der Waals surface area (Å²) in [6.45, 7) is 2.17. The van der Waals surface area contributed by atoms with E-state index in [0.29, 0.717) is 5.92 Å². The van der Waals surface area contributed by atoms with Crippen LogP contribution in [0.3, 0.4) is 0 Å². The lowest BCUT2D eigenvalue weighted by Gasteiger charge is -2.37. The smallest absolute Gasteiger partial charge is 0.406 e. The quantitative estimate of drug-likeness (QED) is 0.872. The highest BCUT2D eigenvalue weighted by molar-refractivity contribution is 5.33. The molecule has 2 rings (SSSR count). The van der Waals surface area contributed by atoms with Crippen molar-refractivity contribution >= 4 is 0 Å². The Balaban J connectivity index is 2.09. The molecule has 5 heteroatoms. The van der Waals surface area contributed by atoms with Crippen molar-refractivity contribution in [3.63, 3.8) is 0 Å². The van der Waals surface area contributed by atoms with E-state index in [1.54, 1.807) is 12.1 Å². The number of nitrogens with two attached hydrogens (primary N) is 1. The summed E-state index contributed by atoms with van der Waals surface area (Å²) in [6, 6.07) is 6.10. The number of benzene rings is 1. The van der Waals surface area contributed by atoms with Crippen LogP contribution in [-0.4, -0.2) is 6.36 Å². The van der Waals surface area contributed by atoms with Gasteiger partial charge in [-0.15, -0.1) is 13.2 Å². The standard InChI is InChI=1S/C16H22F3NO/c1-2-4-12-7-9-15(20,10-8-12)13-5-3-6-14(11-13)21-16(17,18)19/h3,5-6,11-12H,2,4,7-10,20H2,1H3. The maximum Gasteiger partial charge on any atom is 0.573 e. The highest BCUT2D eigenvalue weighted by Crippen LogP contribution is 2.40. The summed E-state index contributed by atoms with van der Waals surface area (Å²) in [5, 5.41) is 0. The molecular formula is C16H22F3NO. The lowest BCUT2D eigenvalue weighted by atomic mass is 9.72. The molecule has 1 aromatic rings. The van der Waals surface area contributed by atoms with Crippen LogP contribution in [0.5, 0.6) is 5.75 Å². The first-order valence-electron chi connectivity index (χ1n) is 7.47. The van der Waals surface area contributed by atoms with E-state index in [4.69, 9.17) is 5.73 Å². The second-order valence-electron chi connectivity index (χ2n) is 5.96. The largest absolute Gasteiger partial charge is 0.573 e. The summed E-state index contributed by atoms with van der Waals surface area (Å²) in [5.41, 5.74) is 6.64. The maximum absolute atomic E-state index is 12.3. The van der Waals surface area contributed by atoms with E-state index in [2.05, 4.69) is 11.7 Å². The van der Waals surface area contributed by atoms with Crippen LogP contribution < -0.4 is 10.5 Å². The van der Waals surface area contributed by atoms with Crippen molar-refractivity contribution < 1.29 is 17.9 Å². The fourth-order valence-corrected chi connectivity index (χ4v) is 3.18. The van der Waals surface area contributed by atoms with Gasteiger partial charge in [-0.05, 0) is 49.3 Å². The normalized spacial score (nSPS) is 26.6. The lowest BCUT2D eigenvalue weighted by Crippen LogP contribution is -2.40. The van der Waals surface area contributed by atoms with E-state index in [0.717, 1.165) is 37.7 Å². The molecule has 0 spiro atoms. The van der Waals surface area contributed by atoms with Gasteiger partial charge in [-0.3, -0.25) is 0 Å². The summed E-state index contributed by atoms with van der Waals surface area (Å²) in [4.78, 5) is 0. The second-order valence-corrected chi connectivity index (χ2v) is 5.96. The zero-order valence-corrected chi connectivity index (χ0v) is 12.2. The van der Waals surface area contributed by atoms with Gasteiger partial charge in [-0.1, -0.05) is 31.9 Å². The Morgan fingerprint density at radius 2 is 1.95 bits per heavy atom. The molecular weight excluding hydrogens is 279 g/mol. The molecule has 1 fully saturated rings. The van der Waals surface area contributed by atoms with Gasteiger partial charge in [0.1, 0.15) is 5.75 Å². The first kappa shape index (κ1) is 16.1. The maximum atomic E-state index is 12.3. The SMILES string of the molecule is CCCC1CCC(N)(c2cccc(OC(F)(F)F)c2)CC1. The Bertz CT molecular complexity index is 465. The van der Waals surface area contributed by atoms with E-state index >= 15 is 0 Å². The number of hydrogen-bond donors (Lipinski definition) is 1. The van der Waals surface area contributed by atoms with Crippen molar-refractivity contribution in [3.8, 4) is 5.75 Å². The van der Waals surface area contributed by atoms with E-state index in [-0.39, 0.29) is 5.75 Å². The molecule has 0 radical (unpaired) electrons. The molecule has 1 saturated carbocycles. The van der Waals surface area contributed by atoms with Crippen molar-refractivity contribution in [1.82, 2.24) is 0 Å². The van der Waals surface area contributed by atoms with E-state index < -0.39 is 11.9 Å². The van der Waals surface area contributed by atoms with Crippen molar-refractivity contribution in [3.05, 3.63) is 29.8 Å². The molecule has 0 saturated heterocycles. The molecule has 118 valence electrons. The van der Waals surface area contributed by atoms with Crippen LogP contribution in [-0.2, 0) is 5.54 Å². The molecule has 21 heavy (non-hydrogen) atoms. The molecule has 0 aliphatic heterocycles. The van der Waals surface area contributed by atoms with E-state index in [9.17, 15) is 13.2 Å². The molecule has 1 aliphatic carbocycles. The number of rotatable bonds is 4. The van der Waals surface area contributed by atoms with Crippen molar-refractivity contribution in [1.29, 1.82) is 0 Å². The van der Waals surface area contributed by atoms with Crippen molar-refractivity contribution in [2.45, 2.75) is 57.3 Å². The Labute approximate surface area is 123 Å². The number of hydrogen-bond acceptors (Lipinski definition) is 2. The molecule has 2 N–H and O–H groups in total. The molecule has 0 atom stereocenters. The molecule has 2 nitrogen and oxygen atoms in total. The fourth-order valence-electron chi connectivity index (χ4n) is 3.18. The zero-order chi connectivity index (χ0) is 15.5. The van der Waals surface area contributed by atoms with Crippen LogP contribution >= 0.6 is 0 Å². The summed E-state index contributed by atoms with van der Waals surface area (Å²) >= 11 is 0. The third-order valence-electron chi connectivity index (χ3n) is 4.34. The van der Waals surface area contributed by atoms with Gasteiger partial charge in [0.05, 0.1) is 0 Å². The molecule has 0 unspecified atom stereocenters. The Morgan fingerprint density at radius 1 is 1.29 bits per heavy atom.